The molecule has 1 aliphatic rings. The number of carbonyl (C=O) groups excluding carboxylic acids is 1. The number of hydrogen-bond donors (Lipinski definition) is 0. The van der Waals surface area contributed by atoms with Crippen LogP contribution in [-0.4, -0.2) is 17.7 Å². The summed E-state index contributed by atoms with van der Waals surface area (Å²) in [5.74, 6) is 1.16. The Balaban J connectivity index is 1.75. The Morgan fingerprint density at radius 3 is 2.67 bits per heavy atom. The maximum atomic E-state index is 13.7. The summed E-state index contributed by atoms with van der Waals surface area (Å²) in [6.07, 6.45) is 1.66. The molecule has 7 nitrogen and oxygen atoms in total. The number of amides is 1. The standard InChI is InChI=1S/C26H24N2O5/c1-4-11-31-18-8-6-7-17(14-18)23-22-24(29)19-13-16(5-2)9-10-20(19)32-25(22)26(30)28(23)21-12-15(3)33-27-21/h6-10,12-14,23H,4-5,11H2,1-3H3/t23-/m0/s1. The first-order valence-electron chi connectivity index (χ1n) is 11.1. The molecule has 0 fully saturated rings. The lowest BCUT2D eigenvalue weighted by Crippen LogP contribution is -2.29. The van der Waals surface area contributed by atoms with Gasteiger partial charge < -0.3 is 13.7 Å². The third kappa shape index (κ3) is 3.50. The molecule has 168 valence electrons. The highest BCUT2D eigenvalue weighted by Gasteiger charge is 2.45. The van der Waals surface area contributed by atoms with Crippen LogP contribution in [0.1, 0.15) is 59.3 Å². The average Bonchev–Trinajstić information content (AvgIpc) is 3.38. The van der Waals surface area contributed by atoms with Crippen molar-refractivity contribution >= 4 is 22.7 Å². The average molecular weight is 444 g/mol. The van der Waals surface area contributed by atoms with Crippen LogP contribution < -0.4 is 15.1 Å². The van der Waals surface area contributed by atoms with Crippen molar-refractivity contribution in [1.29, 1.82) is 0 Å². The maximum absolute atomic E-state index is 13.7. The lowest BCUT2D eigenvalue weighted by Gasteiger charge is -2.22. The molecule has 4 aromatic rings. The first kappa shape index (κ1) is 21.0. The molecule has 1 atom stereocenters. The molecule has 5 rings (SSSR count). The Hall–Kier alpha value is -3.87. The van der Waals surface area contributed by atoms with E-state index >= 15 is 0 Å². The summed E-state index contributed by atoms with van der Waals surface area (Å²) in [7, 11) is 0. The van der Waals surface area contributed by atoms with Crippen molar-refractivity contribution in [1.82, 2.24) is 5.16 Å². The maximum Gasteiger partial charge on any atom is 0.296 e. The fourth-order valence-electron chi connectivity index (χ4n) is 4.25. The number of ether oxygens (including phenoxy) is 1. The van der Waals surface area contributed by atoms with E-state index in [2.05, 4.69) is 5.16 Å². The zero-order valence-corrected chi connectivity index (χ0v) is 18.8. The van der Waals surface area contributed by atoms with Crippen LogP contribution in [0.2, 0.25) is 0 Å². The molecule has 1 aliphatic heterocycles. The molecule has 3 heterocycles. The van der Waals surface area contributed by atoms with Gasteiger partial charge in [-0.2, -0.15) is 0 Å². The second-order valence-corrected chi connectivity index (χ2v) is 8.15. The summed E-state index contributed by atoms with van der Waals surface area (Å²) in [6, 6.07) is 13.9. The van der Waals surface area contributed by atoms with Crippen LogP contribution in [0.5, 0.6) is 5.75 Å². The van der Waals surface area contributed by atoms with E-state index in [-0.39, 0.29) is 11.2 Å². The third-order valence-corrected chi connectivity index (χ3v) is 5.85. The Labute approximate surface area is 190 Å². The van der Waals surface area contributed by atoms with Gasteiger partial charge in [-0.3, -0.25) is 14.5 Å². The normalized spacial score (nSPS) is 15.3. The molecule has 1 amide bonds. The van der Waals surface area contributed by atoms with Crippen molar-refractivity contribution in [2.45, 2.75) is 39.7 Å². The lowest BCUT2D eigenvalue weighted by molar-refractivity contribution is 0.0969. The summed E-state index contributed by atoms with van der Waals surface area (Å²) >= 11 is 0. The molecule has 0 radical (unpaired) electrons. The van der Waals surface area contributed by atoms with Crippen LogP contribution in [0, 0.1) is 6.92 Å². The Kier molecular flexibility index (Phi) is 5.24. The summed E-state index contributed by atoms with van der Waals surface area (Å²) in [6.45, 7) is 6.38. The Bertz CT molecular complexity index is 1420. The predicted octanol–water partition coefficient (Wildman–Crippen LogP) is 5.19. The van der Waals surface area contributed by atoms with Gasteiger partial charge in [-0.15, -0.1) is 0 Å². The smallest absolute Gasteiger partial charge is 0.296 e. The second kappa shape index (κ2) is 8.24. The van der Waals surface area contributed by atoms with Gasteiger partial charge in [0.2, 0.25) is 5.76 Å². The molecule has 0 spiro atoms. The van der Waals surface area contributed by atoms with Gasteiger partial charge in [-0.25, -0.2) is 0 Å². The molecule has 33 heavy (non-hydrogen) atoms. The van der Waals surface area contributed by atoms with Crippen molar-refractivity contribution in [3.8, 4) is 5.75 Å². The summed E-state index contributed by atoms with van der Waals surface area (Å²) < 4.78 is 17.1. The van der Waals surface area contributed by atoms with Crippen molar-refractivity contribution in [3.63, 3.8) is 0 Å². The topological polar surface area (TPSA) is 85.8 Å². The molecule has 0 unspecified atom stereocenters. The Morgan fingerprint density at radius 1 is 1.09 bits per heavy atom. The number of rotatable bonds is 6. The molecular formula is C26H24N2O5. The van der Waals surface area contributed by atoms with Crippen LogP contribution in [0.3, 0.4) is 0 Å². The van der Waals surface area contributed by atoms with Gasteiger partial charge in [0.1, 0.15) is 17.1 Å². The van der Waals surface area contributed by atoms with E-state index in [4.69, 9.17) is 13.7 Å². The van der Waals surface area contributed by atoms with Crippen molar-refractivity contribution in [2.75, 3.05) is 11.5 Å². The minimum atomic E-state index is -0.715. The van der Waals surface area contributed by atoms with E-state index in [0.717, 1.165) is 24.0 Å². The van der Waals surface area contributed by atoms with Crippen molar-refractivity contribution < 1.29 is 18.5 Å². The minimum absolute atomic E-state index is 0.0299. The van der Waals surface area contributed by atoms with E-state index in [1.54, 1.807) is 19.1 Å². The first-order chi connectivity index (χ1) is 16.0. The van der Waals surface area contributed by atoms with Crippen molar-refractivity contribution in [2.24, 2.45) is 0 Å². The molecule has 7 heteroatoms. The van der Waals surface area contributed by atoms with Crippen LogP contribution in [-0.2, 0) is 6.42 Å². The molecule has 2 aromatic heterocycles. The van der Waals surface area contributed by atoms with Gasteiger partial charge >= 0.3 is 0 Å². The fraction of sp³-hybridized carbons (Fsp3) is 0.269. The van der Waals surface area contributed by atoms with Crippen molar-refractivity contribution in [3.05, 3.63) is 87.0 Å². The highest BCUT2D eigenvalue weighted by atomic mass is 16.5. The van der Waals surface area contributed by atoms with Crippen LogP contribution in [0.15, 0.2) is 62.3 Å². The monoisotopic (exact) mass is 444 g/mol. The van der Waals surface area contributed by atoms with E-state index in [1.807, 2.05) is 50.2 Å². The summed E-state index contributed by atoms with van der Waals surface area (Å²) in [5, 5.41) is 4.52. The zero-order valence-electron chi connectivity index (χ0n) is 18.8. The van der Waals surface area contributed by atoms with Gasteiger partial charge in [0.15, 0.2) is 11.2 Å². The van der Waals surface area contributed by atoms with E-state index in [9.17, 15) is 9.59 Å². The van der Waals surface area contributed by atoms with Gasteiger partial charge in [-0.05, 0) is 55.2 Å². The number of aryl methyl sites for hydroxylation is 2. The minimum Gasteiger partial charge on any atom is -0.494 e. The number of anilines is 1. The van der Waals surface area contributed by atoms with Gasteiger partial charge in [0.25, 0.3) is 5.91 Å². The first-order valence-corrected chi connectivity index (χ1v) is 11.1. The molecule has 2 aromatic carbocycles. The van der Waals surface area contributed by atoms with Crippen LogP contribution in [0.25, 0.3) is 11.0 Å². The summed E-state index contributed by atoms with van der Waals surface area (Å²) in [5.41, 5.74) is 2.22. The number of carbonyl (C=O) groups is 1. The molecule has 0 saturated carbocycles. The summed E-state index contributed by atoms with van der Waals surface area (Å²) in [4.78, 5) is 28.8. The second-order valence-electron chi connectivity index (χ2n) is 8.15. The van der Waals surface area contributed by atoms with E-state index < -0.39 is 11.9 Å². The largest absolute Gasteiger partial charge is 0.494 e. The number of hydrogen-bond acceptors (Lipinski definition) is 6. The van der Waals surface area contributed by atoms with E-state index in [0.29, 0.717) is 40.5 Å². The Morgan fingerprint density at radius 2 is 1.94 bits per heavy atom. The molecule has 0 bridgehead atoms. The van der Waals surface area contributed by atoms with Crippen LogP contribution >= 0.6 is 0 Å². The highest BCUT2D eigenvalue weighted by molar-refractivity contribution is 6.10. The number of nitrogens with zero attached hydrogens (tertiary/aromatic N) is 2. The molecule has 0 aliphatic carbocycles. The number of aromatic nitrogens is 1. The predicted molar refractivity (Wildman–Crippen MR) is 124 cm³/mol. The molecular weight excluding hydrogens is 420 g/mol. The van der Waals surface area contributed by atoms with Crippen LogP contribution in [0.4, 0.5) is 5.82 Å². The quantitative estimate of drug-likeness (QED) is 0.407. The number of fused-ring (bicyclic) bond motifs is 2. The zero-order chi connectivity index (χ0) is 23.1. The van der Waals surface area contributed by atoms with Gasteiger partial charge in [-0.1, -0.05) is 37.2 Å². The highest BCUT2D eigenvalue weighted by Crippen LogP contribution is 2.41. The molecule has 0 N–H and O–H groups in total. The van der Waals surface area contributed by atoms with Gasteiger partial charge in [0, 0.05) is 6.07 Å². The SMILES string of the molecule is CCCOc1cccc([C@H]2c3c(oc4ccc(CC)cc4c3=O)C(=O)N2c2cc(C)on2)c1. The van der Waals surface area contributed by atoms with Gasteiger partial charge in [0.05, 0.1) is 23.6 Å². The molecule has 0 saturated heterocycles. The fourth-order valence-corrected chi connectivity index (χ4v) is 4.25. The lowest BCUT2D eigenvalue weighted by atomic mass is 9.97. The third-order valence-electron chi connectivity index (χ3n) is 5.85. The number of benzene rings is 2. The van der Waals surface area contributed by atoms with E-state index in [1.165, 1.54) is 4.90 Å².